The summed E-state index contributed by atoms with van der Waals surface area (Å²) in [6.07, 6.45) is 0.368. The van der Waals surface area contributed by atoms with Crippen LogP contribution in [0.25, 0.3) is 0 Å². The lowest BCUT2D eigenvalue weighted by Crippen LogP contribution is -2.55. The first-order chi connectivity index (χ1) is 19.6. The molecule has 6 rings (SSSR count). The summed E-state index contributed by atoms with van der Waals surface area (Å²) in [4.78, 5) is 21.7. The number of aliphatic hydroxyl groups excluding tert-OH is 1. The number of carbonyl (C=O) groups is 1. The van der Waals surface area contributed by atoms with E-state index in [1.54, 1.807) is 0 Å². The number of aliphatic hydroxyl groups is 1. The lowest BCUT2D eigenvalue weighted by molar-refractivity contribution is -0.127. The van der Waals surface area contributed by atoms with Crippen LogP contribution >= 0.6 is 15.9 Å². The largest absolute Gasteiger partial charge is 0.494 e. The number of benzene rings is 4. The van der Waals surface area contributed by atoms with Crippen LogP contribution in [0.3, 0.4) is 0 Å². The summed E-state index contributed by atoms with van der Waals surface area (Å²) in [7, 11) is 0. The number of rotatable bonds is 9. The molecule has 0 spiro atoms. The molecule has 0 saturated heterocycles. The second-order valence-corrected chi connectivity index (χ2v) is 10.8. The second-order valence-electron chi connectivity index (χ2n) is 9.99. The molecule has 0 aliphatic carbocycles. The Hall–Kier alpha value is -3.94. The van der Waals surface area contributed by atoms with Gasteiger partial charge in [0.05, 0.1) is 18.8 Å². The fraction of sp³-hybridized carbons (Fsp3) is 0.212. The van der Waals surface area contributed by atoms with E-state index in [-0.39, 0.29) is 12.5 Å². The van der Waals surface area contributed by atoms with Gasteiger partial charge in [0.2, 0.25) is 5.90 Å². The average molecular weight is 598 g/mol. The van der Waals surface area contributed by atoms with Crippen molar-refractivity contribution in [2.75, 3.05) is 18.1 Å². The van der Waals surface area contributed by atoms with Gasteiger partial charge in [-0.25, -0.2) is 4.99 Å². The molecule has 0 unspecified atom stereocenters. The van der Waals surface area contributed by atoms with Gasteiger partial charge in [-0.05, 0) is 47.5 Å². The Balaban J connectivity index is 1.44. The van der Waals surface area contributed by atoms with Crippen LogP contribution in [0.4, 0.5) is 5.69 Å². The van der Waals surface area contributed by atoms with E-state index in [9.17, 15) is 4.79 Å². The Labute approximate surface area is 242 Å². The monoisotopic (exact) mass is 596 g/mol. The van der Waals surface area contributed by atoms with Crippen LogP contribution in [-0.2, 0) is 22.5 Å². The average Bonchev–Trinajstić information content (AvgIpc) is 3.38. The minimum absolute atomic E-state index is 0.0839. The number of nitrogens with zero attached hydrogens (tertiary/aromatic N) is 2. The van der Waals surface area contributed by atoms with E-state index >= 15 is 0 Å². The molecule has 0 saturated carbocycles. The Morgan fingerprint density at radius 1 is 0.925 bits per heavy atom. The minimum atomic E-state index is -1.18. The van der Waals surface area contributed by atoms with E-state index < -0.39 is 11.6 Å². The molecule has 0 fully saturated rings. The van der Waals surface area contributed by atoms with Gasteiger partial charge < -0.3 is 19.5 Å². The summed E-state index contributed by atoms with van der Waals surface area (Å²) in [6.45, 7) is 0.958. The van der Waals surface area contributed by atoms with E-state index in [4.69, 9.17) is 19.6 Å². The molecule has 0 bridgehead atoms. The molecule has 40 heavy (non-hydrogen) atoms. The molecule has 2 atom stereocenters. The number of ether oxygens (including phenoxy) is 2. The van der Waals surface area contributed by atoms with Crippen molar-refractivity contribution in [3.05, 3.63) is 130 Å². The molecule has 0 radical (unpaired) electrons. The summed E-state index contributed by atoms with van der Waals surface area (Å²) < 4.78 is 13.2. The fourth-order valence-corrected chi connectivity index (χ4v) is 5.82. The Bertz CT molecular complexity index is 1540. The van der Waals surface area contributed by atoms with E-state index in [1.807, 2.05) is 108 Å². The van der Waals surface area contributed by atoms with Crippen molar-refractivity contribution in [3.63, 3.8) is 0 Å². The second kappa shape index (κ2) is 11.3. The molecule has 6 nitrogen and oxygen atoms in total. The van der Waals surface area contributed by atoms with Gasteiger partial charge in [0.25, 0.3) is 5.91 Å². The molecule has 2 heterocycles. The van der Waals surface area contributed by atoms with Crippen LogP contribution in [0.1, 0.15) is 34.8 Å². The highest BCUT2D eigenvalue weighted by Gasteiger charge is 2.58. The van der Waals surface area contributed by atoms with Gasteiger partial charge in [0.15, 0.2) is 11.6 Å². The van der Waals surface area contributed by atoms with Crippen LogP contribution in [0.15, 0.2) is 113 Å². The fourth-order valence-electron chi connectivity index (χ4n) is 5.40. The Morgan fingerprint density at radius 3 is 2.42 bits per heavy atom. The maximum atomic E-state index is 14.7. The van der Waals surface area contributed by atoms with Crippen molar-refractivity contribution >= 4 is 33.4 Å². The number of carbonyl (C=O) groups excluding carboxylic acids is 1. The van der Waals surface area contributed by atoms with Crippen molar-refractivity contribution < 1.29 is 19.4 Å². The third-order valence-electron chi connectivity index (χ3n) is 7.36. The predicted octanol–water partition coefficient (Wildman–Crippen LogP) is 6.26. The summed E-state index contributed by atoms with van der Waals surface area (Å²) >= 11 is 3.69. The lowest BCUT2D eigenvalue weighted by Gasteiger charge is -2.42. The molecule has 202 valence electrons. The van der Waals surface area contributed by atoms with E-state index in [0.29, 0.717) is 37.6 Å². The van der Waals surface area contributed by atoms with Gasteiger partial charge in [-0.3, -0.25) is 4.79 Å². The van der Waals surface area contributed by atoms with E-state index in [1.165, 1.54) is 0 Å². The SMILES string of the molecule is O=C1N(Cc2ccccc2)c2ccccc2[C@@H]2OC(c3ccc(OCCCO)cc3)=N[C@]12Cc1ccccc1Br. The Morgan fingerprint density at radius 2 is 1.65 bits per heavy atom. The summed E-state index contributed by atoms with van der Waals surface area (Å²) in [5.41, 5.74) is 3.40. The first kappa shape index (κ1) is 26.3. The zero-order chi connectivity index (χ0) is 27.5. The summed E-state index contributed by atoms with van der Waals surface area (Å²) in [6, 6.07) is 33.4. The number of hydrogen-bond acceptors (Lipinski definition) is 5. The third-order valence-corrected chi connectivity index (χ3v) is 8.14. The quantitative estimate of drug-likeness (QED) is 0.232. The molecular weight excluding hydrogens is 568 g/mol. The molecule has 2 aliphatic rings. The zero-order valence-electron chi connectivity index (χ0n) is 21.9. The molecule has 2 aliphatic heterocycles. The van der Waals surface area contributed by atoms with Gasteiger partial charge in [0.1, 0.15) is 5.75 Å². The van der Waals surface area contributed by atoms with Gasteiger partial charge in [-0.1, -0.05) is 82.7 Å². The minimum Gasteiger partial charge on any atom is -0.494 e. The normalized spacial score (nSPS) is 19.4. The summed E-state index contributed by atoms with van der Waals surface area (Å²) in [5.74, 6) is 1.05. The molecule has 1 N–H and O–H groups in total. The number of hydrogen-bond donors (Lipinski definition) is 1. The van der Waals surface area contributed by atoms with Crippen LogP contribution in [-0.4, -0.2) is 35.7 Å². The molecule has 4 aromatic rings. The van der Waals surface area contributed by atoms with Gasteiger partial charge in [0, 0.05) is 35.0 Å². The molecule has 0 aromatic heterocycles. The number of aliphatic imine (C=N–C) groups is 1. The van der Waals surface area contributed by atoms with Crippen molar-refractivity contribution in [3.8, 4) is 5.75 Å². The smallest absolute Gasteiger partial charge is 0.259 e. The highest BCUT2D eigenvalue weighted by Crippen LogP contribution is 2.50. The van der Waals surface area contributed by atoms with Crippen LogP contribution in [0.5, 0.6) is 5.75 Å². The van der Waals surface area contributed by atoms with E-state index in [0.717, 1.165) is 32.4 Å². The third kappa shape index (κ3) is 4.91. The molecule has 4 aromatic carbocycles. The molecular formula is C33H29BrN2O4. The van der Waals surface area contributed by atoms with Crippen molar-refractivity contribution in [1.29, 1.82) is 0 Å². The number of fused-ring (bicyclic) bond motifs is 3. The van der Waals surface area contributed by atoms with Crippen molar-refractivity contribution in [2.45, 2.75) is 31.0 Å². The topological polar surface area (TPSA) is 71.4 Å². The lowest BCUT2D eigenvalue weighted by atomic mass is 9.78. The van der Waals surface area contributed by atoms with Crippen molar-refractivity contribution in [1.82, 2.24) is 0 Å². The van der Waals surface area contributed by atoms with Crippen LogP contribution < -0.4 is 9.64 Å². The first-order valence-corrected chi connectivity index (χ1v) is 14.2. The van der Waals surface area contributed by atoms with Crippen molar-refractivity contribution in [2.24, 2.45) is 4.99 Å². The maximum absolute atomic E-state index is 14.7. The van der Waals surface area contributed by atoms with Crippen LogP contribution in [0.2, 0.25) is 0 Å². The molecule has 1 amide bonds. The maximum Gasteiger partial charge on any atom is 0.259 e. The van der Waals surface area contributed by atoms with E-state index in [2.05, 4.69) is 15.9 Å². The molecule has 7 heteroatoms. The van der Waals surface area contributed by atoms with Gasteiger partial charge in [-0.15, -0.1) is 0 Å². The highest BCUT2D eigenvalue weighted by atomic mass is 79.9. The number of anilines is 1. The van der Waals surface area contributed by atoms with Gasteiger partial charge >= 0.3 is 0 Å². The van der Waals surface area contributed by atoms with Crippen LogP contribution in [0, 0.1) is 0 Å². The Kier molecular flexibility index (Phi) is 7.41. The first-order valence-electron chi connectivity index (χ1n) is 13.4. The zero-order valence-corrected chi connectivity index (χ0v) is 23.5. The standard InChI is InChI=1S/C33H29BrN2O4/c34-28-13-6-4-11-25(28)21-33-30(40-31(35-33)24-15-17-26(18-16-24)39-20-8-19-37)27-12-5-7-14-29(27)36(32(33)38)22-23-9-2-1-3-10-23/h1-7,9-18,30,37H,8,19-22H2/t30-,33-/m0/s1. The number of para-hydroxylation sites is 1. The van der Waals surface area contributed by atoms with Gasteiger partial charge in [-0.2, -0.15) is 0 Å². The predicted molar refractivity (Wildman–Crippen MR) is 159 cm³/mol. The summed E-state index contributed by atoms with van der Waals surface area (Å²) in [5, 5.41) is 9.03. The number of amides is 1. The highest BCUT2D eigenvalue weighted by molar-refractivity contribution is 9.10. The number of halogens is 1.